The average molecular weight is 372 g/mol. The van der Waals surface area contributed by atoms with Gasteiger partial charge in [-0.15, -0.1) is 0 Å². The molecule has 0 fully saturated rings. The van der Waals surface area contributed by atoms with E-state index in [1.165, 1.54) is 25.3 Å². The highest BCUT2D eigenvalue weighted by Gasteiger charge is 2.15. The molecule has 0 heterocycles. The van der Waals surface area contributed by atoms with Crippen molar-refractivity contribution in [1.82, 2.24) is 4.90 Å². The Morgan fingerprint density at radius 1 is 1.07 bits per heavy atom. The van der Waals surface area contributed by atoms with E-state index in [4.69, 9.17) is 4.74 Å². The molecule has 0 saturated heterocycles. The van der Waals surface area contributed by atoms with E-state index >= 15 is 0 Å². The van der Waals surface area contributed by atoms with Gasteiger partial charge < -0.3 is 15.4 Å². The summed E-state index contributed by atoms with van der Waals surface area (Å²) in [5.74, 6) is -0.441. The van der Waals surface area contributed by atoms with Crippen LogP contribution in [0, 0.1) is 10.1 Å². The van der Waals surface area contributed by atoms with Crippen molar-refractivity contribution in [2.45, 2.75) is 0 Å². The zero-order chi connectivity index (χ0) is 19.8. The van der Waals surface area contributed by atoms with Crippen LogP contribution in [0.15, 0.2) is 48.5 Å². The molecule has 0 aliphatic carbocycles. The van der Waals surface area contributed by atoms with Gasteiger partial charge in [-0.1, -0.05) is 18.2 Å². The summed E-state index contributed by atoms with van der Waals surface area (Å²) in [6.45, 7) is -0.0118. The fourth-order valence-corrected chi connectivity index (χ4v) is 2.35. The normalized spacial score (nSPS) is 10.3. The number of carbonyl (C=O) groups is 2. The van der Waals surface area contributed by atoms with Crippen LogP contribution in [-0.4, -0.2) is 48.9 Å². The van der Waals surface area contributed by atoms with Crippen LogP contribution in [-0.2, 0) is 9.59 Å². The predicted octanol–water partition coefficient (Wildman–Crippen LogP) is 2.11. The maximum absolute atomic E-state index is 12.2. The fraction of sp³-hybridized carbons (Fsp3) is 0.222. The molecule has 142 valence electrons. The minimum Gasteiger partial charge on any atom is -0.494 e. The number of rotatable bonds is 8. The number of anilines is 2. The molecule has 0 aliphatic heterocycles. The van der Waals surface area contributed by atoms with E-state index in [1.807, 2.05) is 18.2 Å². The van der Waals surface area contributed by atoms with Crippen molar-refractivity contribution in [3.8, 4) is 5.75 Å². The molecule has 0 atom stereocenters. The van der Waals surface area contributed by atoms with Gasteiger partial charge in [0.15, 0.2) is 0 Å². The van der Waals surface area contributed by atoms with E-state index in [9.17, 15) is 19.7 Å². The predicted molar refractivity (Wildman–Crippen MR) is 101 cm³/mol. The summed E-state index contributed by atoms with van der Waals surface area (Å²) in [5.41, 5.74) is 0.853. The first-order chi connectivity index (χ1) is 12.9. The van der Waals surface area contributed by atoms with E-state index in [0.717, 1.165) is 0 Å². The number of hydrogen-bond donors (Lipinski definition) is 2. The highest BCUT2D eigenvalue weighted by atomic mass is 16.6. The number of amides is 2. The Morgan fingerprint density at radius 2 is 1.70 bits per heavy atom. The third kappa shape index (κ3) is 6.08. The lowest BCUT2D eigenvalue weighted by atomic mass is 10.2. The number of non-ortho nitro benzene ring substituents is 1. The zero-order valence-electron chi connectivity index (χ0n) is 15.0. The second-order valence-electron chi connectivity index (χ2n) is 5.78. The van der Waals surface area contributed by atoms with Crippen LogP contribution in [0.5, 0.6) is 5.75 Å². The van der Waals surface area contributed by atoms with Crippen LogP contribution < -0.4 is 15.4 Å². The van der Waals surface area contributed by atoms with Gasteiger partial charge >= 0.3 is 0 Å². The molecule has 9 heteroatoms. The molecule has 0 bridgehead atoms. The summed E-state index contributed by atoms with van der Waals surface area (Å²) < 4.78 is 5.08. The molecule has 0 aromatic heterocycles. The van der Waals surface area contributed by atoms with Gasteiger partial charge in [0.1, 0.15) is 5.75 Å². The van der Waals surface area contributed by atoms with Crippen molar-refractivity contribution in [1.29, 1.82) is 0 Å². The third-order valence-electron chi connectivity index (χ3n) is 3.55. The molecule has 27 heavy (non-hydrogen) atoms. The zero-order valence-corrected chi connectivity index (χ0v) is 15.0. The fourth-order valence-electron chi connectivity index (χ4n) is 2.35. The molecule has 2 aromatic carbocycles. The molecular weight excluding hydrogens is 352 g/mol. The lowest BCUT2D eigenvalue weighted by Gasteiger charge is -2.16. The SMILES string of the molecule is COc1cc([N+](=O)[O-])ccc1NC(=O)CN(C)CC(=O)Nc1ccccc1. The second kappa shape index (κ2) is 9.30. The van der Waals surface area contributed by atoms with Crippen molar-refractivity contribution in [2.24, 2.45) is 0 Å². The van der Waals surface area contributed by atoms with Gasteiger partial charge in [0, 0.05) is 11.8 Å². The lowest BCUT2D eigenvalue weighted by Crippen LogP contribution is -2.36. The first kappa shape index (κ1) is 19.9. The monoisotopic (exact) mass is 372 g/mol. The molecule has 2 rings (SSSR count). The number of ether oxygens (including phenoxy) is 1. The van der Waals surface area contributed by atoms with Crippen molar-refractivity contribution in [3.05, 3.63) is 58.6 Å². The summed E-state index contributed by atoms with van der Waals surface area (Å²) >= 11 is 0. The largest absolute Gasteiger partial charge is 0.494 e. The average Bonchev–Trinajstić information content (AvgIpc) is 2.62. The number of methoxy groups -OCH3 is 1. The van der Waals surface area contributed by atoms with Crippen LogP contribution in [0.3, 0.4) is 0 Å². The highest BCUT2D eigenvalue weighted by molar-refractivity contribution is 5.95. The van der Waals surface area contributed by atoms with E-state index in [0.29, 0.717) is 11.4 Å². The number of hydrogen-bond acceptors (Lipinski definition) is 6. The molecule has 9 nitrogen and oxygen atoms in total. The van der Waals surface area contributed by atoms with E-state index in [-0.39, 0.29) is 36.3 Å². The Hall–Kier alpha value is -3.46. The molecule has 2 amide bonds. The van der Waals surface area contributed by atoms with Gasteiger partial charge in [-0.2, -0.15) is 0 Å². The Balaban J connectivity index is 1.89. The number of para-hydroxylation sites is 1. The molecule has 0 aliphatic rings. The number of nitrogens with zero attached hydrogens (tertiary/aromatic N) is 2. The molecule has 0 saturated carbocycles. The van der Waals surface area contributed by atoms with Gasteiger partial charge in [-0.05, 0) is 25.2 Å². The summed E-state index contributed by atoms with van der Waals surface area (Å²) in [6.07, 6.45) is 0. The van der Waals surface area contributed by atoms with Crippen LogP contribution >= 0.6 is 0 Å². The highest BCUT2D eigenvalue weighted by Crippen LogP contribution is 2.28. The number of nitrogens with one attached hydrogen (secondary N) is 2. The number of carbonyl (C=O) groups excluding carboxylic acids is 2. The standard InChI is InChI=1S/C18H20N4O5/c1-21(11-17(23)19-13-6-4-3-5-7-13)12-18(24)20-15-9-8-14(22(25)26)10-16(15)27-2/h3-10H,11-12H2,1-2H3,(H,19,23)(H,20,24). The van der Waals surface area contributed by atoms with E-state index in [1.54, 1.807) is 24.1 Å². The number of likely N-dealkylation sites (N-methyl/N-ethyl adjacent to an activating group) is 1. The second-order valence-corrected chi connectivity index (χ2v) is 5.78. The number of nitro groups is 1. The smallest absolute Gasteiger partial charge is 0.273 e. The van der Waals surface area contributed by atoms with E-state index < -0.39 is 4.92 Å². The number of nitro benzene ring substituents is 1. The van der Waals surface area contributed by atoms with Gasteiger partial charge in [-0.25, -0.2) is 0 Å². The van der Waals surface area contributed by atoms with Crippen molar-refractivity contribution in [3.63, 3.8) is 0 Å². The number of benzene rings is 2. The molecule has 0 radical (unpaired) electrons. The van der Waals surface area contributed by atoms with Gasteiger partial charge in [0.25, 0.3) is 5.69 Å². The molecule has 0 spiro atoms. The first-order valence-corrected chi connectivity index (χ1v) is 8.04. The molecule has 0 unspecified atom stereocenters. The van der Waals surface area contributed by atoms with Crippen LogP contribution in [0.2, 0.25) is 0 Å². The molecule has 2 aromatic rings. The summed E-state index contributed by atoms with van der Waals surface area (Å²) in [6, 6.07) is 12.9. The first-order valence-electron chi connectivity index (χ1n) is 8.04. The maximum Gasteiger partial charge on any atom is 0.273 e. The van der Waals surface area contributed by atoms with Gasteiger partial charge in [0.05, 0.1) is 36.9 Å². The Bertz CT molecular complexity index is 826. The minimum atomic E-state index is -0.548. The summed E-state index contributed by atoms with van der Waals surface area (Å²) in [5, 5.41) is 16.2. The minimum absolute atomic E-state index is 0.0275. The van der Waals surface area contributed by atoms with Gasteiger partial charge in [0.2, 0.25) is 11.8 Å². The summed E-state index contributed by atoms with van der Waals surface area (Å²) in [7, 11) is 2.99. The van der Waals surface area contributed by atoms with Crippen LogP contribution in [0.4, 0.5) is 17.1 Å². The van der Waals surface area contributed by atoms with Crippen molar-refractivity contribution < 1.29 is 19.2 Å². The molecular formula is C18H20N4O5. The van der Waals surface area contributed by atoms with Gasteiger partial charge in [-0.3, -0.25) is 24.6 Å². The Morgan fingerprint density at radius 3 is 2.30 bits per heavy atom. The Labute approximate surface area is 156 Å². The summed E-state index contributed by atoms with van der Waals surface area (Å²) in [4.78, 5) is 36.0. The van der Waals surface area contributed by atoms with Crippen LogP contribution in [0.1, 0.15) is 0 Å². The van der Waals surface area contributed by atoms with Crippen molar-refractivity contribution >= 4 is 28.9 Å². The van der Waals surface area contributed by atoms with Crippen LogP contribution in [0.25, 0.3) is 0 Å². The lowest BCUT2D eigenvalue weighted by molar-refractivity contribution is -0.384. The quantitative estimate of drug-likeness (QED) is 0.542. The Kier molecular flexibility index (Phi) is 6.84. The van der Waals surface area contributed by atoms with E-state index in [2.05, 4.69) is 10.6 Å². The van der Waals surface area contributed by atoms with Crippen molar-refractivity contribution in [2.75, 3.05) is 37.9 Å². The maximum atomic E-state index is 12.2. The third-order valence-corrected chi connectivity index (χ3v) is 3.55. The molecule has 2 N–H and O–H groups in total. The topological polar surface area (TPSA) is 114 Å².